The van der Waals surface area contributed by atoms with Crippen LogP contribution in [0.5, 0.6) is 0 Å². The van der Waals surface area contributed by atoms with Crippen LogP contribution < -0.4 is 5.32 Å². The molecule has 0 aromatic carbocycles. The van der Waals surface area contributed by atoms with Crippen molar-refractivity contribution in [1.29, 1.82) is 0 Å². The summed E-state index contributed by atoms with van der Waals surface area (Å²) in [6.07, 6.45) is 9.55. The van der Waals surface area contributed by atoms with Gasteiger partial charge in [-0.25, -0.2) is 0 Å². The Morgan fingerprint density at radius 3 is 3.33 bits per heavy atom. The summed E-state index contributed by atoms with van der Waals surface area (Å²) in [4.78, 5) is 10.0. The van der Waals surface area contributed by atoms with Crippen LogP contribution in [0.3, 0.4) is 0 Å². The van der Waals surface area contributed by atoms with E-state index in [0.29, 0.717) is 5.92 Å². The summed E-state index contributed by atoms with van der Waals surface area (Å²) in [5.41, 5.74) is 1.32. The van der Waals surface area contributed by atoms with Crippen molar-refractivity contribution in [1.82, 2.24) is 5.32 Å². The topological polar surface area (TPSA) is 29.1 Å². The quantitative estimate of drug-likeness (QED) is 0.633. The summed E-state index contributed by atoms with van der Waals surface area (Å²) in [6, 6.07) is 0. The molecule has 1 unspecified atom stereocenters. The molecule has 12 heavy (non-hydrogen) atoms. The first-order chi connectivity index (χ1) is 5.83. The second-order valence-electron chi connectivity index (χ2n) is 3.17. The van der Waals surface area contributed by atoms with Gasteiger partial charge in [-0.2, -0.15) is 0 Å². The van der Waals surface area contributed by atoms with Crippen molar-refractivity contribution in [2.45, 2.75) is 19.8 Å². The van der Waals surface area contributed by atoms with Gasteiger partial charge in [0.2, 0.25) is 6.41 Å². The van der Waals surface area contributed by atoms with Crippen molar-refractivity contribution in [2.75, 3.05) is 6.54 Å². The number of rotatable bonds is 3. The number of carbonyl (C=O) groups excluding carboxylic acids is 1. The summed E-state index contributed by atoms with van der Waals surface area (Å²) < 4.78 is 0. The number of carbonyl (C=O) groups is 1. The average molecular weight is 165 g/mol. The van der Waals surface area contributed by atoms with Crippen LogP contribution in [0.2, 0.25) is 0 Å². The Morgan fingerprint density at radius 1 is 1.75 bits per heavy atom. The molecule has 0 aromatic heterocycles. The Labute approximate surface area is 73.4 Å². The summed E-state index contributed by atoms with van der Waals surface area (Å²) in [5.74, 6) is 0.504. The van der Waals surface area contributed by atoms with Crippen LogP contribution >= 0.6 is 0 Å². The van der Waals surface area contributed by atoms with Crippen LogP contribution in [0, 0.1) is 5.92 Å². The molecule has 1 aliphatic carbocycles. The minimum absolute atomic E-state index is 0.504. The average Bonchev–Trinajstić information content (AvgIpc) is 2.27. The van der Waals surface area contributed by atoms with Crippen LogP contribution in [0.1, 0.15) is 19.8 Å². The molecule has 2 nitrogen and oxygen atoms in total. The molecule has 0 aromatic rings. The van der Waals surface area contributed by atoms with E-state index in [4.69, 9.17) is 0 Å². The first-order valence-electron chi connectivity index (χ1n) is 4.35. The van der Waals surface area contributed by atoms with E-state index >= 15 is 0 Å². The zero-order chi connectivity index (χ0) is 8.81. The van der Waals surface area contributed by atoms with Crippen molar-refractivity contribution in [3.05, 3.63) is 23.8 Å². The first kappa shape index (κ1) is 9.04. The van der Waals surface area contributed by atoms with Gasteiger partial charge >= 0.3 is 0 Å². The van der Waals surface area contributed by atoms with Crippen molar-refractivity contribution in [3.8, 4) is 0 Å². The number of hydrogen-bond donors (Lipinski definition) is 1. The fourth-order valence-corrected chi connectivity index (χ4v) is 1.35. The zero-order valence-corrected chi connectivity index (χ0v) is 7.42. The van der Waals surface area contributed by atoms with Crippen molar-refractivity contribution >= 4 is 6.41 Å². The van der Waals surface area contributed by atoms with E-state index in [2.05, 4.69) is 30.5 Å². The van der Waals surface area contributed by atoms with Gasteiger partial charge in [0.15, 0.2) is 0 Å². The molecule has 2 heteroatoms. The largest absolute Gasteiger partial charge is 0.358 e. The molecule has 1 aliphatic rings. The fourth-order valence-electron chi connectivity index (χ4n) is 1.35. The summed E-state index contributed by atoms with van der Waals surface area (Å²) in [7, 11) is 0. The summed E-state index contributed by atoms with van der Waals surface area (Å²) in [5, 5.41) is 2.71. The molecule has 1 atom stereocenters. The van der Waals surface area contributed by atoms with E-state index in [1.165, 1.54) is 5.57 Å². The van der Waals surface area contributed by atoms with Gasteiger partial charge in [0.05, 0.1) is 0 Å². The highest BCUT2D eigenvalue weighted by atomic mass is 16.1. The SMILES string of the molecule is CC1=CCCC(CNC=O)C=C1. The molecule has 66 valence electrons. The number of amides is 1. The molecule has 0 radical (unpaired) electrons. The molecular weight excluding hydrogens is 150 g/mol. The summed E-state index contributed by atoms with van der Waals surface area (Å²) in [6.45, 7) is 2.87. The minimum atomic E-state index is 0.504. The predicted molar refractivity (Wildman–Crippen MR) is 49.7 cm³/mol. The van der Waals surface area contributed by atoms with E-state index < -0.39 is 0 Å². The van der Waals surface area contributed by atoms with E-state index in [9.17, 15) is 4.79 Å². The first-order valence-corrected chi connectivity index (χ1v) is 4.35. The van der Waals surface area contributed by atoms with Gasteiger partial charge in [-0.15, -0.1) is 0 Å². The van der Waals surface area contributed by atoms with Gasteiger partial charge in [-0.3, -0.25) is 4.79 Å². The maximum Gasteiger partial charge on any atom is 0.207 e. The van der Waals surface area contributed by atoms with Crippen LogP contribution in [-0.4, -0.2) is 13.0 Å². The van der Waals surface area contributed by atoms with Gasteiger partial charge in [-0.05, 0) is 25.7 Å². The maximum atomic E-state index is 10.0. The molecule has 0 saturated carbocycles. The van der Waals surface area contributed by atoms with Crippen LogP contribution in [-0.2, 0) is 4.79 Å². The normalized spacial score (nSPS) is 22.8. The summed E-state index contributed by atoms with van der Waals surface area (Å²) >= 11 is 0. The Morgan fingerprint density at radius 2 is 2.58 bits per heavy atom. The number of allylic oxidation sites excluding steroid dienone is 3. The second-order valence-corrected chi connectivity index (χ2v) is 3.17. The molecule has 0 spiro atoms. The molecule has 0 saturated heterocycles. The van der Waals surface area contributed by atoms with Crippen molar-refractivity contribution in [3.63, 3.8) is 0 Å². The lowest BCUT2D eigenvalue weighted by molar-refractivity contribution is -0.109. The van der Waals surface area contributed by atoms with Crippen LogP contribution in [0.15, 0.2) is 23.8 Å². The predicted octanol–water partition coefficient (Wildman–Crippen LogP) is 1.64. The third-order valence-electron chi connectivity index (χ3n) is 2.10. The molecule has 0 fully saturated rings. The monoisotopic (exact) mass is 165 g/mol. The van der Waals surface area contributed by atoms with Gasteiger partial charge in [0.1, 0.15) is 0 Å². The molecule has 1 N–H and O–H groups in total. The molecular formula is C10H15NO. The van der Waals surface area contributed by atoms with Crippen LogP contribution in [0.25, 0.3) is 0 Å². The van der Waals surface area contributed by atoms with E-state index in [0.717, 1.165) is 25.8 Å². The minimum Gasteiger partial charge on any atom is -0.358 e. The maximum absolute atomic E-state index is 10.0. The smallest absolute Gasteiger partial charge is 0.207 e. The molecule has 0 bridgehead atoms. The van der Waals surface area contributed by atoms with E-state index in [1.807, 2.05) is 0 Å². The van der Waals surface area contributed by atoms with Gasteiger partial charge in [-0.1, -0.05) is 23.8 Å². The lowest BCUT2D eigenvalue weighted by atomic mass is 10.0. The molecule has 1 amide bonds. The third-order valence-corrected chi connectivity index (χ3v) is 2.10. The van der Waals surface area contributed by atoms with Crippen LogP contribution in [0.4, 0.5) is 0 Å². The zero-order valence-electron chi connectivity index (χ0n) is 7.42. The Kier molecular flexibility index (Phi) is 3.58. The standard InChI is InChI=1S/C10H15NO/c1-9-3-2-4-10(6-5-9)7-11-8-12/h3,5-6,8,10H,2,4,7H2,1H3,(H,11,12). The highest BCUT2D eigenvalue weighted by Gasteiger charge is 2.05. The number of hydrogen-bond acceptors (Lipinski definition) is 1. The van der Waals surface area contributed by atoms with E-state index in [-0.39, 0.29) is 0 Å². The number of nitrogens with one attached hydrogen (secondary N) is 1. The lowest BCUT2D eigenvalue weighted by Gasteiger charge is -2.08. The molecule has 0 heterocycles. The Balaban J connectivity index is 2.38. The van der Waals surface area contributed by atoms with Crippen molar-refractivity contribution in [2.24, 2.45) is 5.92 Å². The second kappa shape index (κ2) is 4.75. The Hall–Kier alpha value is -1.05. The van der Waals surface area contributed by atoms with Gasteiger partial charge in [0.25, 0.3) is 0 Å². The highest BCUT2D eigenvalue weighted by Crippen LogP contribution is 2.14. The van der Waals surface area contributed by atoms with Crippen molar-refractivity contribution < 1.29 is 4.79 Å². The third kappa shape index (κ3) is 2.91. The highest BCUT2D eigenvalue weighted by molar-refractivity contribution is 5.45. The Bertz CT molecular complexity index is 204. The van der Waals surface area contributed by atoms with Gasteiger partial charge < -0.3 is 5.32 Å². The molecule has 1 rings (SSSR count). The molecule has 0 aliphatic heterocycles. The van der Waals surface area contributed by atoms with Gasteiger partial charge in [0, 0.05) is 6.54 Å². The van der Waals surface area contributed by atoms with E-state index in [1.54, 1.807) is 0 Å². The fraction of sp³-hybridized carbons (Fsp3) is 0.500. The lowest BCUT2D eigenvalue weighted by Crippen LogP contribution is -2.19.